The molecule has 0 spiro atoms. The number of hydrogen-bond acceptors (Lipinski definition) is 3. The number of nitrogens with zero attached hydrogens (tertiary/aromatic N) is 2. The third kappa shape index (κ3) is 1.62. The molecular formula is C13H13N3O. The van der Waals surface area contributed by atoms with Gasteiger partial charge in [0.2, 0.25) is 0 Å². The SMILES string of the molecule is CC(C)c1noc(-c2c[nH]c3ccccc23)n1. The fourth-order valence-corrected chi connectivity index (χ4v) is 1.83. The minimum Gasteiger partial charge on any atom is -0.360 e. The van der Waals surface area contributed by atoms with Crippen LogP contribution >= 0.6 is 0 Å². The lowest BCUT2D eigenvalue weighted by Crippen LogP contribution is -1.89. The summed E-state index contributed by atoms with van der Waals surface area (Å²) in [4.78, 5) is 7.60. The molecule has 3 aromatic rings. The molecule has 4 nitrogen and oxygen atoms in total. The molecule has 86 valence electrons. The zero-order valence-corrected chi connectivity index (χ0v) is 9.77. The van der Waals surface area contributed by atoms with Gasteiger partial charge in [-0.15, -0.1) is 0 Å². The zero-order chi connectivity index (χ0) is 11.8. The molecule has 0 aliphatic carbocycles. The fraction of sp³-hybridized carbons (Fsp3) is 0.231. The summed E-state index contributed by atoms with van der Waals surface area (Å²) < 4.78 is 5.30. The first-order chi connectivity index (χ1) is 8.25. The van der Waals surface area contributed by atoms with Crippen molar-refractivity contribution in [3.05, 3.63) is 36.3 Å². The molecule has 0 amide bonds. The van der Waals surface area contributed by atoms with Gasteiger partial charge in [-0.25, -0.2) is 0 Å². The summed E-state index contributed by atoms with van der Waals surface area (Å²) in [5.74, 6) is 1.59. The number of aromatic amines is 1. The van der Waals surface area contributed by atoms with Crippen LogP contribution in [0.3, 0.4) is 0 Å². The Bertz CT molecular complexity index is 651. The van der Waals surface area contributed by atoms with Crippen LogP contribution in [-0.2, 0) is 0 Å². The van der Waals surface area contributed by atoms with E-state index in [1.54, 1.807) is 0 Å². The van der Waals surface area contributed by atoms with Crippen LogP contribution in [0.25, 0.3) is 22.4 Å². The van der Waals surface area contributed by atoms with Gasteiger partial charge in [0.1, 0.15) is 0 Å². The lowest BCUT2D eigenvalue weighted by molar-refractivity contribution is 0.419. The summed E-state index contributed by atoms with van der Waals surface area (Å²) in [5, 5.41) is 5.08. The van der Waals surface area contributed by atoms with Crippen LogP contribution in [0.1, 0.15) is 25.6 Å². The van der Waals surface area contributed by atoms with Gasteiger partial charge in [-0.3, -0.25) is 0 Å². The van der Waals surface area contributed by atoms with Gasteiger partial charge < -0.3 is 9.51 Å². The Hall–Kier alpha value is -2.10. The predicted octanol–water partition coefficient (Wildman–Crippen LogP) is 3.34. The van der Waals surface area contributed by atoms with Gasteiger partial charge in [-0.1, -0.05) is 37.2 Å². The molecule has 0 saturated heterocycles. The Kier molecular flexibility index (Phi) is 2.21. The Morgan fingerprint density at radius 2 is 2.06 bits per heavy atom. The van der Waals surface area contributed by atoms with E-state index in [0.717, 1.165) is 22.3 Å². The van der Waals surface area contributed by atoms with Gasteiger partial charge in [-0.05, 0) is 6.07 Å². The molecule has 2 heterocycles. The molecule has 4 heteroatoms. The van der Waals surface area contributed by atoms with Crippen molar-refractivity contribution in [3.8, 4) is 11.5 Å². The van der Waals surface area contributed by atoms with Crippen LogP contribution in [0.15, 0.2) is 35.0 Å². The number of para-hydroxylation sites is 1. The van der Waals surface area contributed by atoms with Crippen molar-refractivity contribution in [2.24, 2.45) is 0 Å². The molecule has 3 rings (SSSR count). The lowest BCUT2D eigenvalue weighted by atomic mass is 10.2. The van der Waals surface area contributed by atoms with Crippen LogP contribution in [0.5, 0.6) is 0 Å². The van der Waals surface area contributed by atoms with Gasteiger partial charge in [0.15, 0.2) is 5.82 Å². The van der Waals surface area contributed by atoms with E-state index in [0.29, 0.717) is 5.89 Å². The summed E-state index contributed by atoms with van der Waals surface area (Å²) in [7, 11) is 0. The first-order valence-corrected chi connectivity index (χ1v) is 5.66. The maximum absolute atomic E-state index is 5.30. The molecular weight excluding hydrogens is 214 g/mol. The third-order valence-corrected chi connectivity index (χ3v) is 2.78. The Balaban J connectivity index is 2.14. The Morgan fingerprint density at radius 3 is 2.82 bits per heavy atom. The average Bonchev–Trinajstić information content (AvgIpc) is 2.95. The molecule has 0 radical (unpaired) electrons. The largest absolute Gasteiger partial charge is 0.360 e. The van der Waals surface area contributed by atoms with Gasteiger partial charge >= 0.3 is 0 Å². The second-order valence-corrected chi connectivity index (χ2v) is 4.36. The van der Waals surface area contributed by atoms with Gasteiger partial charge in [0.05, 0.1) is 5.56 Å². The monoisotopic (exact) mass is 227 g/mol. The molecule has 0 aliphatic rings. The number of benzene rings is 1. The number of fused-ring (bicyclic) bond motifs is 1. The van der Waals surface area contributed by atoms with E-state index in [9.17, 15) is 0 Å². The van der Waals surface area contributed by atoms with Gasteiger partial charge in [0, 0.05) is 23.0 Å². The fourth-order valence-electron chi connectivity index (χ4n) is 1.83. The third-order valence-electron chi connectivity index (χ3n) is 2.78. The molecule has 0 fully saturated rings. The molecule has 2 aromatic heterocycles. The predicted molar refractivity (Wildman–Crippen MR) is 65.7 cm³/mol. The van der Waals surface area contributed by atoms with E-state index in [2.05, 4.69) is 15.1 Å². The van der Waals surface area contributed by atoms with Crippen LogP contribution < -0.4 is 0 Å². The number of hydrogen-bond donors (Lipinski definition) is 1. The second kappa shape index (κ2) is 3.73. The van der Waals surface area contributed by atoms with Crippen molar-refractivity contribution in [1.82, 2.24) is 15.1 Å². The van der Waals surface area contributed by atoms with Crippen LogP contribution in [0.4, 0.5) is 0 Å². The minimum atomic E-state index is 0.276. The van der Waals surface area contributed by atoms with E-state index in [1.165, 1.54) is 0 Å². The van der Waals surface area contributed by atoms with E-state index < -0.39 is 0 Å². The normalized spacial score (nSPS) is 11.5. The van der Waals surface area contributed by atoms with Crippen molar-refractivity contribution in [1.29, 1.82) is 0 Å². The number of aromatic nitrogens is 3. The van der Waals surface area contributed by atoms with Crippen molar-refractivity contribution in [2.45, 2.75) is 19.8 Å². The summed E-state index contributed by atoms with van der Waals surface area (Å²) in [6.45, 7) is 4.09. The minimum absolute atomic E-state index is 0.276. The maximum atomic E-state index is 5.30. The Labute approximate surface area is 98.7 Å². The highest BCUT2D eigenvalue weighted by Crippen LogP contribution is 2.27. The molecule has 0 atom stereocenters. The topological polar surface area (TPSA) is 54.7 Å². The smallest absolute Gasteiger partial charge is 0.260 e. The van der Waals surface area contributed by atoms with E-state index >= 15 is 0 Å². The summed E-state index contributed by atoms with van der Waals surface area (Å²) >= 11 is 0. The second-order valence-electron chi connectivity index (χ2n) is 4.36. The first kappa shape index (κ1) is 10.1. The van der Waals surface area contributed by atoms with E-state index in [-0.39, 0.29) is 5.92 Å². The molecule has 0 aliphatic heterocycles. The van der Waals surface area contributed by atoms with Crippen molar-refractivity contribution in [3.63, 3.8) is 0 Å². The maximum Gasteiger partial charge on any atom is 0.260 e. The van der Waals surface area contributed by atoms with E-state index in [4.69, 9.17) is 4.52 Å². The average molecular weight is 227 g/mol. The highest BCUT2D eigenvalue weighted by molar-refractivity contribution is 5.93. The number of rotatable bonds is 2. The van der Waals surface area contributed by atoms with Gasteiger partial charge in [0.25, 0.3) is 5.89 Å². The summed E-state index contributed by atoms with van der Waals surface area (Å²) in [6.07, 6.45) is 1.91. The summed E-state index contributed by atoms with van der Waals surface area (Å²) in [5.41, 5.74) is 2.03. The van der Waals surface area contributed by atoms with Gasteiger partial charge in [-0.2, -0.15) is 4.98 Å². The zero-order valence-electron chi connectivity index (χ0n) is 9.77. The standard InChI is InChI=1S/C13H13N3O/c1-8(2)12-15-13(17-16-12)10-7-14-11-6-4-3-5-9(10)11/h3-8,14H,1-2H3. The molecule has 0 unspecified atom stereocenters. The van der Waals surface area contributed by atoms with E-state index in [1.807, 2.05) is 44.3 Å². The Morgan fingerprint density at radius 1 is 1.24 bits per heavy atom. The highest BCUT2D eigenvalue weighted by atomic mass is 16.5. The molecule has 0 bridgehead atoms. The lowest BCUT2D eigenvalue weighted by Gasteiger charge is -1.93. The highest BCUT2D eigenvalue weighted by Gasteiger charge is 2.14. The number of nitrogens with one attached hydrogen (secondary N) is 1. The molecule has 0 saturated carbocycles. The van der Waals surface area contributed by atoms with Crippen molar-refractivity contribution >= 4 is 10.9 Å². The van der Waals surface area contributed by atoms with Crippen molar-refractivity contribution in [2.75, 3.05) is 0 Å². The number of H-pyrrole nitrogens is 1. The first-order valence-electron chi connectivity index (χ1n) is 5.66. The summed E-state index contributed by atoms with van der Waals surface area (Å²) in [6, 6.07) is 8.06. The molecule has 17 heavy (non-hydrogen) atoms. The molecule has 1 aromatic carbocycles. The van der Waals surface area contributed by atoms with Crippen LogP contribution in [0, 0.1) is 0 Å². The van der Waals surface area contributed by atoms with Crippen molar-refractivity contribution < 1.29 is 4.52 Å². The molecule has 1 N–H and O–H groups in total. The van der Waals surface area contributed by atoms with Crippen LogP contribution in [0.2, 0.25) is 0 Å². The quantitative estimate of drug-likeness (QED) is 0.730. The van der Waals surface area contributed by atoms with Crippen LogP contribution in [-0.4, -0.2) is 15.1 Å².